The molecule has 0 amide bonds. The summed E-state index contributed by atoms with van der Waals surface area (Å²) in [5, 5.41) is 11.4. The van der Waals surface area contributed by atoms with Crippen LogP contribution in [-0.2, 0) is 0 Å². The Morgan fingerprint density at radius 3 is 2.77 bits per heavy atom. The molecule has 3 rings (SSSR count). The summed E-state index contributed by atoms with van der Waals surface area (Å²) in [4.78, 5) is 0. The molecule has 0 atom stereocenters. The number of para-hydroxylation sites is 1. The Labute approximate surface area is 156 Å². The second kappa shape index (κ2) is 8.26. The van der Waals surface area contributed by atoms with Gasteiger partial charge in [0, 0.05) is 17.3 Å². The Balaban J connectivity index is 1.86. The molecular weight excluding hydrogens is 348 g/mol. The largest absolute Gasteiger partial charge is 0.497 e. The molecule has 0 aliphatic carbocycles. The van der Waals surface area contributed by atoms with Gasteiger partial charge < -0.3 is 9.47 Å². The maximum Gasteiger partial charge on any atom is 0.216 e. The van der Waals surface area contributed by atoms with Crippen LogP contribution >= 0.6 is 12.2 Å². The molecular formula is C19H18N4O2S. The first-order valence-corrected chi connectivity index (χ1v) is 8.29. The molecule has 0 radical (unpaired) electrons. The van der Waals surface area contributed by atoms with Crippen molar-refractivity contribution in [1.29, 1.82) is 0 Å². The third-order valence-electron chi connectivity index (χ3n) is 3.66. The summed E-state index contributed by atoms with van der Waals surface area (Å²) in [5.74, 6) is 2.15. The zero-order valence-corrected chi connectivity index (χ0v) is 15.2. The van der Waals surface area contributed by atoms with Gasteiger partial charge in [-0.15, -0.1) is 0 Å². The number of hydrogen-bond acceptors (Lipinski definition) is 5. The highest BCUT2D eigenvalue weighted by Gasteiger charge is 2.08. The van der Waals surface area contributed by atoms with E-state index in [1.165, 1.54) is 0 Å². The van der Waals surface area contributed by atoms with Crippen molar-refractivity contribution in [2.45, 2.75) is 0 Å². The van der Waals surface area contributed by atoms with E-state index in [0.29, 0.717) is 10.6 Å². The highest BCUT2D eigenvalue weighted by Crippen LogP contribution is 2.22. The molecule has 0 fully saturated rings. The van der Waals surface area contributed by atoms with Gasteiger partial charge in [-0.3, -0.25) is 0 Å². The molecule has 6 nitrogen and oxygen atoms in total. The molecule has 132 valence electrons. The quantitative estimate of drug-likeness (QED) is 0.525. The summed E-state index contributed by atoms with van der Waals surface area (Å²) in [5.41, 5.74) is 1.81. The SMILES string of the molecule is COc1cccc(-c2n[nH]c(=S)n2/N=C\C=C\c2ccccc2OC)c1. The molecule has 0 saturated heterocycles. The minimum atomic E-state index is 0.407. The van der Waals surface area contributed by atoms with Gasteiger partial charge in [-0.1, -0.05) is 30.3 Å². The number of aromatic amines is 1. The van der Waals surface area contributed by atoms with E-state index >= 15 is 0 Å². The van der Waals surface area contributed by atoms with Crippen molar-refractivity contribution in [3.63, 3.8) is 0 Å². The number of allylic oxidation sites excluding steroid dienone is 1. The van der Waals surface area contributed by atoms with Crippen LogP contribution in [0.2, 0.25) is 0 Å². The van der Waals surface area contributed by atoms with E-state index in [-0.39, 0.29) is 0 Å². The molecule has 1 N–H and O–H groups in total. The van der Waals surface area contributed by atoms with Crippen LogP contribution in [0.15, 0.2) is 59.7 Å². The average Bonchev–Trinajstić information content (AvgIpc) is 3.06. The number of benzene rings is 2. The lowest BCUT2D eigenvalue weighted by Gasteiger charge is -2.03. The maximum absolute atomic E-state index is 5.32. The Hall–Kier alpha value is -3.19. The Bertz CT molecular complexity index is 1000. The van der Waals surface area contributed by atoms with Crippen molar-refractivity contribution in [3.8, 4) is 22.9 Å². The number of nitrogens with one attached hydrogen (secondary N) is 1. The number of aromatic nitrogens is 3. The van der Waals surface area contributed by atoms with Crippen molar-refractivity contribution in [1.82, 2.24) is 14.9 Å². The van der Waals surface area contributed by atoms with Crippen LogP contribution in [0, 0.1) is 4.77 Å². The standard InChI is InChI=1S/C19H18N4O2S/c1-24-16-10-5-8-15(13-16)18-21-22-19(26)23(18)20-12-6-9-14-7-3-4-11-17(14)25-2/h3-13H,1-2H3,(H,22,26)/b9-6+,20-12-. The van der Waals surface area contributed by atoms with Gasteiger partial charge in [0.15, 0.2) is 5.82 Å². The van der Waals surface area contributed by atoms with Gasteiger partial charge in [0.25, 0.3) is 0 Å². The summed E-state index contributed by atoms with van der Waals surface area (Å²) in [7, 11) is 3.27. The molecule has 0 spiro atoms. The average molecular weight is 366 g/mol. The Morgan fingerprint density at radius 2 is 1.96 bits per heavy atom. The number of methoxy groups -OCH3 is 2. The van der Waals surface area contributed by atoms with E-state index in [1.54, 1.807) is 25.1 Å². The molecule has 0 bridgehead atoms. The second-order valence-corrected chi connectivity index (χ2v) is 5.65. The Morgan fingerprint density at radius 1 is 1.12 bits per heavy atom. The topological polar surface area (TPSA) is 64.4 Å². The van der Waals surface area contributed by atoms with Gasteiger partial charge in [0.05, 0.1) is 14.2 Å². The number of rotatable bonds is 6. The van der Waals surface area contributed by atoms with Crippen LogP contribution in [-0.4, -0.2) is 35.3 Å². The van der Waals surface area contributed by atoms with E-state index in [1.807, 2.05) is 60.7 Å². The van der Waals surface area contributed by atoms with E-state index in [9.17, 15) is 0 Å². The van der Waals surface area contributed by atoms with Gasteiger partial charge in [-0.05, 0) is 42.6 Å². The van der Waals surface area contributed by atoms with Crippen molar-refractivity contribution >= 4 is 24.5 Å². The molecule has 0 aliphatic heterocycles. The Kier molecular flexibility index (Phi) is 5.60. The van der Waals surface area contributed by atoms with Crippen molar-refractivity contribution in [3.05, 3.63) is 64.9 Å². The highest BCUT2D eigenvalue weighted by atomic mass is 32.1. The summed E-state index contributed by atoms with van der Waals surface area (Å²) >= 11 is 5.27. The predicted molar refractivity (Wildman–Crippen MR) is 105 cm³/mol. The second-order valence-electron chi connectivity index (χ2n) is 5.26. The lowest BCUT2D eigenvalue weighted by atomic mass is 10.2. The highest BCUT2D eigenvalue weighted by molar-refractivity contribution is 7.71. The molecule has 26 heavy (non-hydrogen) atoms. The third-order valence-corrected chi connectivity index (χ3v) is 3.93. The van der Waals surface area contributed by atoms with Gasteiger partial charge in [-0.2, -0.15) is 14.9 Å². The van der Waals surface area contributed by atoms with E-state index in [2.05, 4.69) is 15.3 Å². The first-order chi connectivity index (χ1) is 12.7. The van der Waals surface area contributed by atoms with E-state index in [0.717, 1.165) is 22.6 Å². The zero-order valence-electron chi connectivity index (χ0n) is 14.4. The third kappa shape index (κ3) is 3.89. The fraction of sp³-hybridized carbons (Fsp3) is 0.105. The van der Waals surface area contributed by atoms with Crippen LogP contribution in [0.4, 0.5) is 0 Å². The number of hydrogen-bond donors (Lipinski definition) is 1. The van der Waals surface area contributed by atoms with Gasteiger partial charge in [0.1, 0.15) is 11.5 Å². The van der Waals surface area contributed by atoms with E-state index in [4.69, 9.17) is 21.7 Å². The monoisotopic (exact) mass is 366 g/mol. The van der Waals surface area contributed by atoms with Crippen LogP contribution in [0.3, 0.4) is 0 Å². The van der Waals surface area contributed by atoms with Crippen molar-refractivity contribution < 1.29 is 9.47 Å². The molecule has 1 heterocycles. The summed E-state index contributed by atoms with van der Waals surface area (Å²) in [6.45, 7) is 0. The smallest absolute Gasteiger partial charge is 0.216 e. The van der Waals surface area contributed by atoms with Crippen LogP contribution < -0.4 is 9.47 Å². The van der Waals surface area contributed by atoms with E-state index < -0.39 is 0 Å². The van der Waals surface area contributed by atoms with Crippen LogP contribution in [0.5, 0.6) is 11.5 Å². The normalized spacial score (nSPS) is 11.3. The van der Waals surface area contributed by atoms with Crippen LogP contribution in [0.25, 0.3) is 17.5 Å². The lowest BCUT2D eigenvalue weighted by molar-refractivity contribution is 0.414. The number of ether oxygens (including phenoxy) is 2. The van der Waals surface area contributed by atoms with Gasteiger partial charge in [0.2, 0.25) is 4.77 Å². The lowest BCUT2D eigenvalue weighted by Crippen LogP contribution is -1.94. The molecule has 0 saturated carbocycles. The minimum Gasteiger partial charge on any atom is -0.497 e. The minimum absolute atomic E-state index is 0.407. The summed E-state index contributed by atoms with van der Waals surface area (Å²) in [6, 6.07) is 15.3. The summed E-state index contributed by atoms with van der Waals surface area (Å²) < 4.78 is 12.6. The van der Waals surface area contributed by atoms with Gasteiger partial charge in [-0.25, -0.2) is 5.10 Å². The first-order valence-electron chi connectivity index (χ1n) is 7.89. The molecule has 2 aromatic carbocycles. The molecule has 0 unspecified atom stereocenters. The van der Waals surface area contributed by atoms with Crippen molar-refractivity contribution in [2.24, 2.45) is 5.10 Å². The zero-order chi connectivity index (χ0) is 18.4. The molecule has 0 aliphatic rings. The number of H-pyrrole nitrogens is 1. The fourth-order valence-corrected chi connectivity index (χ4v) is 2.58. The molecule has 3 aromatic rings. The van der Waals surface area contributed by atoms with Crippen LogP contribution in [0.1, 0.15) is 5.56 Å². The summed E-state index contributed by atoms with van der Waals surface area (Å²) in [6.07, 6.45) is 5.39. The molecule has 1 aromatic heterocycles. The number of nitrogens with zero attached hydrogens (tertiary/aromatic N) is 3. The maximum atomic E-state index is 5.32. The molecule has 7 heteroatoms. The van der Waals surface area contributed by atoms with Gasteiger partial charge >= 0.3 is 0 Å². The fourth-order valence-electron chi connectivity index (χ4n) is 2.40. The van der Waals surface area contributed by atoms with Crippen molar-refractivity contribution in [2.75, 3.05) is 14.2 Å². The predicted octanol–water partition coefficient (Wildman–Crippen LogP) is 4.17. The first kappa shape index (κ1) is 17.6.